The molecule has 0 unspecified atom stereocenters. The van der Waals surface area contributed by atoms with Crippen molar-refractivity contribution < 1.29 is 4.74 Å². The molecule has 1 saturated heterocycles. The zero-order chi connectivity index (χ0) is 13.2. The van der Waals surface area contributed by atoms with E-state index in [1.807, 2.05) is 26.0 Å². The van der Waals surface area contributed by atoms with Gasteiger partial charge in [0.05, 0.1) is 6.61 Å². The zero-order valence-corrected chi connectivity index (χ0v) is 12.1. The molecule has 0 spiro atoms. The van der Waals surface area contributed by atoms with Gasteiger partial charge in [-0.25, -0.2) is 0 Å². The normalized spacial score (nSPS) is 15.1. The summed E-state index contributed by atoms with van der Waals surface area (Å²) in [5.74, 6) is 0.993. The van der Waals surface area contributed by atoms with E-state index in [4.69, 9.17) is 4.74 Å². The van der Waals surface area contributed by atoms with Crippen molar-refractivity contribution in [1.82, 2.24) is 4.90 Å². The first kappa shape index (κ1) is 15.0. The largest absolute Gasteiger partial charge is 0.494 e. The summed E-state index contributed by atoms with van der Waals surface area (Å²) in [4.78, 5) is 2.53. The van der Waals surface area contributed by atoms with Gasteiger partial charge in [-0.05, 0) is 51.4 Å². The molecule has 1 heterocycles. The van der Waals surface area contributed by atoms with Crippen LogP contribution < -0.4 is 4.74 Å². The highest BCUT2D eigenvalue weighted by Gasteiger charge is 2.10. The van der Waals surface area contributed by atoms with Crippen LogP contribution in [0.4, 0.5) is 0 Å². The predicted molar refractivity (Wildman–Crippen MR) is 78.3 cm³/mol. The van der Waals surface area contributed by atoms with Gasteiger partial charge in [-0.2, -0.15) is 0 Å². The van der Waals surface area contributed by atoms with Crippen LogP contribution in [-0.2, 0) is 0 Å². The summed E-state index contributed by atoms with van der Waals surface area (Å²) in [5.41, 5.74) is 1.28. The van der Waals surface area contributed by atoms with Gasteiger partial charge in [-0.3, -0.25) is 0 Å². The van der Waals surface area contributed by atoms with E-state index in [1.54, 1.807) is 0 Å². The van der Waals surface area contributed by atoms with Crippen LogP contribution >= 0.6 is 0 Å². The third kappa shape index (κ3) is 5.54. The first-order valence-corrected chi connectivity index (χ1v) is 7.26. The molecule has 2 nitrogen and oxygen atoms in total. The van der Waals surface area contributed by atoms with E-state index >= 15 is 0 Å². The van der Waals surface area contributed by atoms with Crippen molar-refractivity contribution in [2.75, 3.05) is 26.2 Å². The number of benzene rings is 1. The molecule has 102 valence electrons. The van der Waals surface area contributed by atoms with Gasteiger partial charge in [0, 0.05) is 6.54 Å². The Morgan fingerprint density at radius 3 is 2.28 bits per heavy atom. The van der Waals surface area contributed by atoms with Gasteiger partial charge >= 0.3 is 0 Å². The summed E-state index contributed by atoms with van der Waals surface area (Å²) < 4.78 is 5.69. The highest BCUT2D eigenvalue weighted by molar-refractivity contribution is 5.26. The zero-order valence-electron chi connectivity index (χ0n) is 12.1. The summed E-state index contributed by atoms with van der Waals surface area (Å²) in [6, 6.07) is 8.28. The molecule has 1 aromatic carbocycles. The van der Waals surface area contributed by atoms with Crippen molar-refractivity contribution in [3.63, 3.8) is 0 Å². The van der Waals surface area contributed by atoms with Crippen molar-refractivity contribution in [3.05, 3.63) is 29.8 Å². The van der Waals surface area contributed by atoms with E-state index in [9.17, 15) is 0 Å². The van der Waals surface area contributed by atoms with E-state index in [0.29, 0.717) is 0 Å². The number of rotatable bonds is 5. The third-order valence-electron chi connectivity index (χ3n) is 3.11. The Morgan fingerprint density at radius 2 is 1.67 bits per heavy atom. The van der Waals surface area contributed by atoms with Crippen LogP contribution in [0.15, 0.2) is 24.3 Å². The Labute approximate surface area is 112 Å². The van der Waals surface area contributed by atoms with Crippen LogP contribution in [0.2, 0.25) is 0 Å². The van der Waals surface area contributed by atoms with Gasteiger partial charge in [-0.1, -0.05) is 31.5 Å². The van der Waals surface area contributed by atoms with Crippen molar-refractivity contribution in [2.24, 2.45) is 0 Å². The minimum absolute atomic E-state index is 0.833. The number of hydrogen-bond donors (Lipinski definition) is 0. The Hall–Kier alpha value is -1.02. The average Bonchev–Trinajstić information content (AvgIpc) is 2.92. The summed E-state index contributed by atoms with van der Waals surface area (Å²) in [6.45, 7) is 10.7. The molecule has 1 fully saturated rings. The van der Waals surface area contributed by atoms with Gasteiger partial charge < -0.3 is 9.64 Å². The smallest absolute Gasteiger partial charge is 0.119 e. The van der Waals surface area contributed by atoms with Gasteiger partial charge in [-0.15, -0.1) is 0 Å². The van der Waals surface area contributed by atoms with Crippen LogP contribution in [0.3, 0.4) is 0 Å². The molecule has 0 atom stereocenters. The number of aryl methyl sites for hydroxylation is 1. The summed E-state index contributed by atoms with van der Waals surface area (Å²) in [5, 5.41) is 0. The highest BCUT2D eigenvalue weighted by Crippen LogP contribution is 2.12. The molecule has 0 N–H and O–H groups in total. The summed E-state index contributed by atoms with van der Waals surface area (Å²) in [6.07, 6.45) is 3.88. The van der Waals surface area contributed by atoms with Gasteiger partial charge in [0.25, 0.3) is 0 Å². The molecule has 18 heavy (non-hydrogen) atoms. The molecule has 0 aromatic heterocycles. The molecule has 0 saturated carbocycles. The Balaban J connectivity index is 0.000000771. The molecule has 1 aliphatic rings. The van der Waals surface area contributed by atoms with Crippen molar-refractivity contribution in [3.8, 4) is 5.75 Å². The minimum atomic E-state index is 0.833. The van der Waals surface area contributed by atoms with Crippen LogP contribution in [-0.4, -0.2) is 31.1 Å². The fourth-order valence-electron chi connectivity index (χ4n) is 2.12. The van der Waals surface area contributed by atoms with E-state index in [-0.39, 0.29) is 0 Å². The van der Waals surface area contributed by atoms with Crippen molar-refractivity contribution >= 4 is 0 Å². The van der Waals surface area contributed by atoms with Gasteiger partial charge in [0.2, 0.25) is 0 Å². The number of nitrogens with zero attached hydrogens (tertiary/aromatic N) is 1. The fourth-order valence-corrected chi connectivity index (χ4v) is 2.12. The predicted octanol–water partition coefficient (Wildman–Crippen LogP) is 3.89. The van der Waals surface area contributed by atoms with Crippen molar-refractivity contribution in [2.45, 2.75) is 40.0 Å². The third-order valence-corrected chi connectivity index (χ3v) is 3.11. The van der Waals surface area contributed by atoms with Crippen LogP contribution in [0.1, 0.15) is 38.7 Å². The molecular weight excluding hydrogens is 222 g/mol. The lowest BCUT2D eigenvalue weighted by Crippen LogP contribution is -2.21. The second-order valence-corrected chi connectivity index (χ2v) is 4.56. The fraction of sp³-hybridized carbons (Fsp3) is 0.625. The maximum atomic E-state index is 5.69. The maximum absolute atomic E-state index is 5.69. The molecule has 0 aliphatic carbocycles. The maximum Gasteiger partial charge on any atom is 0.119 e. The highest BCUT2D eigenvalue weighted by atomic mass is 16.5. The van der Waals surface area contributed by atoms with Crippen LogP contribution in [0.5, 0.6) is 5.75 Å². The van der Waals surface area contributed by atoms with E-state index in [1.165, 1.54) is 38.0 Å². The van der Waals surface area contributed by atoms with E-state index in [2.05, 4.69) is 24.0 Å². The number of likely N-dealkylation sites (tertiary alicyclic amines) is 1. The molecule has 2 rings (SSSR count). The molecule has 0 amide bonds. The molecular formula is C16H27NO. The molecule has 1 aliphatic heterocycles. The molecule has 2 heteroatoms. The summed E-state index contributed by atoms with van der Waals surface area (Å²) in [7, 11) is 0. The van der Waals surface area contributed by atoms with Gasteiger partial charge in [0.15, 0.2) is 0 Å². The lowest BCUT2D eigenvalue weighted by atomic mass is 10.2. The molecule has 0 bridgehead atoms. The average molecular weight is 249 g/mol. The minimum Gasteiger partial charge on any atom is -0.494 e. The molecule has 0 radical (unpaired) electrons. The Morgan fingerprint density at radius 1 is 1.06 bits per heavy atom. The number of ether oxygens (including phenoxy) is 1. The lowest BCUT2D eigenvalue weighted by molar-refractivity contribution is 0.263. The monoisotopic (exact) mass is 249 g/mol. The Kier molecular flexibility index (Phi) is 7.51. The second kappa shape index (κ2) is 8.98. The van der Waals surface area contributed by atoms with E-state index < -0.39 is 0 Å². The number of hydrogen-bond acceptors (Lipinski definition) is 2. The van der Waals surface area contributed by atoms with Crippen molar-refractivity contribution in [1.29, 1.82) is 0 Å². The van der Waals surface area contributed by atoms with Crippen LogP contribution in [0.25, 0.3) is 0 Å². The standard InChI is InChI=1S/C14H21NO.C2H6/c1-13-5-7-14(8-6-13)16-12-4-11-15-9-2-3-10-15;1-2/h5-8H,2-4,9-12H2,1H3;1-2H3. The van der Waals surface area contributed by atoms with Crippen LogP contribution in [0, 0.1) is 6.92 Å². The van der Waals surface area contributed by atoms with Gasteiger partial charge in [0.1, 0.15) is 5.75 Å². The molecule has 1 aromatic rings. The second-order valence-electron chi connectivity index (χ2n) is 4.56. The topological polar surface area (TPSA) is 12.5 Å². The quantitative estimate of drug-likeness (QED) is 0.734. The first-order valence-electron chi connectivity index (χ1n) is 7.26. The SMILES string of the molecule is CC.Cc1ccc(OCCCN2CCCC2)cc1. The Bertz CT molecular complexity index is 301. The lowest BCUT2D eigenvalue weighted by Gasteiger charge is -2.14. The summed E-state index contributed by atoms with van der Waals surface area (Å²) >= 11 is 0. The van der Waals surface area contributed by atoms with E-state index in [0.717, 1.165) is 18.8 Å². The first-order chi connectivity index (χ1) is 8.84.